The minimum atomic E-state index is -4.61. The van der Waals surface area contributed by atoms with Crippen LogP contribution >= 0.6 is 11.3 Å². The van der Waals surface area contributed by atoms with Crippen molar-refractivity contribution in [1.82, 2.24) is 20.2 Å². The molecule has 0 aliphatic carbocycles. The predicted molar refractivity (Wildman–Crippen MR) is 75.7 cm³/mol. The van der Waals surface area contributed by atoms with E-state index in [1.165, 1.54) is 24.4 Å². The molecule has 0 saturated carbocycles. The van der Waals surface area contributed by atoms with Gasteiger partial charge in [-0.15, -0.1) is 10.2 Å². The Bertz CT molecular complexity index is 862. The maximum absolute atomic E-state index is 14.0. The van der Waals surface area contributed by atoms with E-state index in [-0.39, 0.29) is 27.8 Å². The van der Waals surface area contributed by atoms with Gasteiger partial charge in [-0.25, -0.2) is 14.4 Å². The smallest absolute Gasteiger partial charge is 0.368 e. The average Bonchev–Trinajstić information content (AvgIpc) is 2.97. The lowest BCUT2D eigenvalue weighted by atomic mass is 10.1. The van der Waals surface area contributed by atoms with Crippen LogP contribution in [0.2, 0.25) is 0 Å². The first-order valence-corrected chi connectivity index (χ1v) is 6.96. The minimum Gasteiger partial charge on any atom is -0.368 e. The quantitative estimate of drug-likeness (QED) is 0.723. The van der Waals surface area contributed by atoms with E-state index in [9.17, 15) is 17.6 Å². The first kappa shape index (κ1) is 15.3. The van der Waals surface area contributed by atoms with Crippen molar-refractivity contribution in [2.24, 2.45) is 0 Å². The Labute approximate surface area is 130 Å². The SMILES string of the molecule is Nc1ncc(-c2nnc(C(F)(F)F)s2)c(-c2ccccc2F)n1. The van der Waals surface area contributed by atoms with Crippen LogP contribution in [-0.4, -0.2) is 20.2 Å². The Hall–Kier alpha value is -2.62. The molecule has 5 nitrogen and oxygen atoms in total. The van der Waals surface area contributed by atoms with Gasteiger partial charge < -0.3 is 5.73 Å². The molecular formula is C13H7F4N5S. The Balaban J connectivity index is 2.18. The Morgan fingerprint density at radius 1 is 1.04 bits per heavy atom. The van der Waals surface area contributed by atoms with Crippen LogP contribution in [0, 0.1) is 5.82 Å². The lowest BCUT2D eigenvalue weighted by Crippen LogP contribution is -2.03. The fourth-order valence-corrected chi connectivity index (χ4v) is 2.58. The van der Waals surface area contributed by atoms with Crippen LogP contribution < -0.4 is 5.73 Å². The first-order chi connectivity index (χ1) is 10.9. The van der Waals surface area contributed by atoms with Gasteiger partial charge >= 0.3 is 6.18 Å². The van der Waals surface area contributed by atoms with Crippen molar-refractivity contribution in [1.29, 1.82) is 0 Å². The van der Waals surface area contributed by atoms with Crippen molar-refractivity contribution in [3.63, 3.8) is 0 Å². The molecule has 3 aromatic rings. The van der Waals surface area contributed by atoms with Crippen LogP contribution in [0.25, 0.3) is 21.8 Å². The molecule has 0 spiro atoms. The summed E-state index contributed by atoms with van der Waals surface area (Å²) >= 11 is 0.323. The third-order valence-corrected chi connectivity index (χ3v) is 3.84. The van der Waals surface area contributed by atoms with Crippen LogP contribution in [0.5, 0.6) is 0 Å². The third-order valence-electron chi connectivity index (χ3n) is 2.83. The highest BCUT2D eigenvalue weighted by Gasteiger charge is 2.36. The Kier molecular flexibility index (Phi) is 3.68. The molecule has 1 aromatic carbocycles. The Morgan fingerprint density at radius 2 is 1.78 bits per heavy atom. The lowest BCUT2D eigenvalue weighted by molar-refractivity contribution is -0.138. The molecule has 0 fully saturated rings. The standard InChI is InChI=1S/C13H7F4N5S/c14-8-4-2-1-3-6(8)9-7(5-19-12(18)20-9)10-21-22-11(23-10)13(15,16)17/h1-5H,(H2,18,19,20). The number of nitrogens with zero attached hydrogens (tertiary/aromatic N) is 4. The fraction of sp³-hybridized carbons (Fsp3) is 0.0769. The molecule has 0 aliphatic rings. The highest BCUT2D eigenvalue weighted by Crippen LogP contribution is 2.38. The van der Waals surface area contributed by atoms with E-state index in [2.05, 4.69) is 20.2 Å². The van der Waals surface area contributed by atoms with E-state index in [0.29, 0.717) is 11.3 Å². The van der Waals surface area contributed by atoms with Gasteiger partial charge in [0.05, 0.1) is 11.3 Å². The molecule has 0 amide bonds. The molecule has 2 aromatic heterocycles. The van der Waals surface area contributed by atoms with E-state index in [0.717, 1.165) is 0 Å². The van der Waals surface area contributed by atoms with Crippen molar-refractivity contribution in [3.05, 3.63) is 41.3 Å². The number of aromatic nitrogens is 4. The van der Waals surface area contributed by atoms with Crippen molar-refractivity contribution < 1.29 is 17.6 Å². The van der Waals surface area contributed by atoms with Gasteiger partial charge in [0, 0.05) is 11.8 Å². The fourth-order valence-electron chi connectivity index (χ4n) is 1.86. The summed E-state index contributed by atoms with van der Waals surface area (Å²) in [7, 11) is 0. The van der Waals surface area contributed by atoms with E-state index in [1.54, 1.807) is 6.07 Å². The molecule has 2 N–H and O–H groups in total. The van der Waals surface area contributed by atoms with E-state index >= 15 is 0 Å². The van der Waals surface area contributed by atoms with Crippen LogP contribution in [0.3, 0.4) is 0 Å². The highest BCUT2D eigenvalue weighted by molar-refractivity contribution is 7.14. The summed E-state index contributed by atoms with van der Waals surface area (Å²) in [6, 6.07) is 5.70. The normalized spacial score (nSPS) is 11.7. The summed E-state index contributed by atoms with van der Waals surface area (Å²) in [6.07, 6.45) is -3.41. The zero-order valence-electron chi connectivity index (χ0n) is 11.2. The average molecular weight is 341 g/mol. The number of halogens is 4. The van der Waals surface area contributed by atoms with Gasteiger partial charge in [0.2, 0.25) is 11.0 Å². The number of benzene rings is 1. The molecule has 2 heterocycles. The van der Waals surface area contributed by atoms with Gasteiger partial charge in [-0.2, -0.15) is 13.2 Å². The van der Waals surface area contributed by atoms with Gasteiger partial charge in [0.25, 0.3) is 0 Å². The topological polar surface area (TPSA) is 77.6 Å². The molecule has 0 bridgehead atoms. The monoisotopic (exact) mass is 341 g/mol. The number of anilines is 1. The number of nitrogens with two attached hydrogens (primary N) is 1. The van der Waals surface area contributed by atoms with Gasteiger partial charge in [0.15, 0.2) is 5.01 Å². The molecular weight excluding hydrogens is 334 g/mol. The molecule has 0 aliphatic heterocycles. The predicted octanol–water partition coefficient (Wildman–Crippen LogP) is 3.40. The third kappa shape index (κ3) is 2.97. The second-order valence-electron chi connectivity index (χ2n) is 4.38. The van der Waals surface area contributed by atoms with E-state index < -0.39 is 17.0 Å². The van der Waals surface area contributed by atoms with Crippen molar-refractivity contribution >= 4 is 17.3 Å². The molecule has 118 valence electrons. The highest BCUT2D eigenvalue weighted by atomic mass is 32.1. The van der Waals surface area contributed by atoms with E-state index in [1.807, 2.05) is 0 Å². The van der Waals surface area contributed by atoms with Crippen LogP contribution in [0.4, 0.5) is 23.5 Å². The maximum Gasteiger partial charge on any atom is 0.445 e. The maximum atomic E-state index is 14.0. The molecule has 10 heteroatoms. The van der Waals surface area contributed by atoms with Gasteiger partial charge in [-0.05, 0) is 12.1 Å². The molecule has 3 rings (SSSR count). The van der Waals surface area contributed by atoms with Crippen LogP contribution in [-0.2, 0) is 6.18 Å². The summed E-state index contributed by atoms with van der Waals surface area (Å²) in [4.78, 5) is 7.68. The van der Waals surface area contributed by atoms with Crippen molar-refractivity contribution in [3.8, 4) is 21.8 Å². The van der Waals surface area contributed by atoms with Crippen molar-refractivity contribution in [2.45, 2.75) is 6.18 Å². The molecule has 0 atom stereocenters. The van der Waals surface area contributed by atoms with Gasteiger partial charge in [-0.1, -0.05) is 23.5 Å². The Morgan fingerprint density at radius 3 is 2.43 bits per heavy atom. The zero-order valence-corrected chi connectivity index (χ0v) is 12.0. The number of nitrogen functional groups attached to an aromatic ring is 1. The molecule has 0 saturated heterocycles. The lowest BCUT2D eigenvalue weighted by Gasteiger charge is -2.07. The first-order valence-electron chi connectivity index (χ1n) is 6.15. The number of rotatable bonds is 2. The van der Waals surface area contributed by atoms with Crippen molar-refractivity contribution in [2.75, 3.05) is 5.73 Å². The second kappa shape index (κ2) is 5.54. The second-order valence-corrected chi connectivity index (χ2v) is 5.36. The summed E-state index contributed by atoms with van der Waals surface area (Å²) in [5.41, 5.74) is 5.77. The summed E-state index contributed by atoms with van der Waals surface area (Å²) in [5.74, 6) is -0.722. The van der Waals surface area contributed by atoms with Crippen LogP contribution in [0.15, 0.2) is 30.5 Å². The summed E-state index contributed by atoms with van der Waals surface area (Å²) in [5, 5.41) is 5.43. The number of hydrogen-bond acceptors (Lipinski definition) is 6. The van der Waals surface area contributed by atoms with Crippen LogP contribution in [0.1, 0.15) is 5.01 Å². The summed E-state index contributed by atoms with van der Waals surface area (Å²) in [6.45, 7) is 0. The zero-order chi connectivity index (χ0) is 16.6. The molecule has 0 radical (unpaired) electrons. The number of hydrogen-bond donors (Lipinski definition) is 1. The summed E-state index contributed by atoms with van der Waals surface area (Å²) < 4.78 is 52.0. The molecule has 0 unspecified atom stereocenters. The largest absolute Gasteiger partial charge is 0.445 e. The van der Waals surface area contributed by atoms with Gasteiger partial charge in [0.1, 0.15) is 5.82 Å². The number of alkyl halides is 3. The van der Waals surface area contributed by atoms with Gasteiger partial charge in [-0.3, -0.25) is 0 Å². The molecule has 23 heavy (non-hydrogen) atoms. The van der Waals surface area contributed by atoms with E-state index in [4.69, 9.17) is 5.73 Å². The minimum absolute atomic E-state index is 0.0560.